The molecule has 174 valence electrons. The zero-order valence-electron chi connectivity index (χ0n) is 17.8. The Morgan fingerprint density at radius 3 is 2.15 bits per heavy atom. The molecule has 0 saturated carbocycles. The van der Waals surface area contributed by atoms with Crippen molar-refractivity contribution in [3.05, 3.63) is 83.4 Å². The van der Waals surface area contributed by atoms with Gasteiger partial charge in [-0.05, 0) is 53.9 Å². The van der Waals surface area contributed by atoms with Crippen LogP contribution in [-0.4, -0.2) is 12.6 Å². The Morgan fingerprint density at radius 1 is 0.909 bits per heavy atom. The monoisotopic (exact) mass is 570 g/mol. The molecule has 33 heavy (non-hydrogen) atoms. The number of carbonyl (C=O) groups excluding carboxylic acids is 1. The average Bonchev–Trinajstić information content (AvgIpc) is 2.78. The summed E-state index contributed by atoms with van der Waals surface area (Å²) in [7, 11) is 0. The van der Waals surface area contributed by atoms with Crippen LogP contribution in [0.5, 0.6) is 23.0 Å². The van der Waals surface area contributed by atoms with Crippen molar-refractivity contribution in [3.63, 3.8) is 0 Å². The maximum absolute atomic E-state index is 12.3. The Balaban J connectivity index is 1.66. The van der Waals surface area contributed by atoms with Gasteiger partial charge < -0.3 is 14.2 Å². The summed E-state index contributed by atoms with van der Waals surface area (Å²) in [6, 6.07) is 17.9. The van der Waals surface area contributed by atoms with E-state index in [9.17, 15) is 18.0 Å². The fraction of sp³-hybridized carbons (Fsp3) is 0.240. The Morgan fingerprint density at radius 2 is 1.55 bits per heavy atom. The molecule has 0 aliphatic heterocycles. The van der Waals surface area contributed by atoms with E-state index in [1.807, 2.05) is 12.1 Å². The fourth-order valence-corrected chi connectivity index (χ4v) is 4.10. The van der Waals surface area contributed by atoms with Gasteiger partial charge in [0.25, 0.3) is 0 Å². The summed E-state index contributed by atoms with van der Waals surface area (Å²) >= 11 is 2.44. The molecule has 0 radical (unpaired) electrons. The molecule has 0 aliphatic rings. The van der Waals surface area contributed by atoms with Crippen molar-refractivity contribution in [1.29, 1.82) is 0 Å². The van der Waals surface area contributed by atoms with Crippen LogP contribution in [-0.2, 0) is 6.61 Å². The Bertz CT molecular complexity index is 1050. The first kappa shape index (κ1) is 24.9. The van der Waals surface area contributed by atoms with Crippen molar-refractivity contribution < 1.29 is 32.2 Å². The van der Waals surface area contributed by atoms with Crippen molar-refractivity contribution in [1.82, 2.24) is 0 Å². The van der Waals surface area contributed by atoms with E-state index in [1.54, 1.807) is 12.1 Å². The van der Waals surface area contributed by atoms with E-state index in [2.05, 4.69) is 46.4 Å². The van der Waals surface area contributed by atoms with Gasteiger partial charge in [0.15, 0.2) is 0 Å². The third kappa shape index (κ3) is 7.96. The number of hydrogen-bond acceptors (Lipinski definition) is 4. The lowest BCUT2D eigenvalue weighted by Crippen LogP contribution is -2.16. The topological polar surface area (TPSA) is 44.8 Å². The quantitative estimate of drug-likeness (QED) is 0.141. The predicted molar refractivity (Wildman–Crippen MR) is 127 cm³/mol. The van der Waals surface area contributed by atoms with Crippen molar-refractivity contribution in [2.45, 2.75) is 36.7 Å². The minimum atomic E-state index is -4.76. The zero-order chi connectivity index (χ0) is 23.8. The maximum Gasteiger partial charge on any atom is 0.573 e. The van der Waals surface area contributed by atoms with Gasteiger partial charge in [0.05, 0.1) is 0 Å². The molecule has 0 heterocycles. The van der Waals surface area contributed by atoms with Gasteiger partial charge in [-0.15, -0.1) is 13.2 Å². The molecule has 3 rings (SSSR count). The molecule has 0 amide bonds. The van der Waals surface area contributed by atoms with E-state index in [-0.39, 0.29) is 11.5 Å². The number of hydrogen-bond donors (Lipinski definition) is 0. The summed E-state index contributed by atoms with van der Waals surface area (Å²) in [6.07, 6.45) is -1.85. The molecule has 0 saturated heterocycles. The number of benzene rings is 3. The number of halogens is 4. The minimum absolute atomic E-state index is 0.287. The van der Waals surface area contributed by atoms with Gasteiger partial charge in [-0.1, -0.05) is 60.2 Å². The summed E-state index contributed by atoms with van der Waals surface area (Å²) in [5.41, 5.74) is 2.60. The SMILES string of the molecule is CCCC(I)c1ccc(COc2cc(C=O)cc(Oc3ccc(OC(F)(F)F)cc3)c2)cc1. The summed E-state index contributed by atoms with van der Waals surface area (Å²) in [5, 5.41) is 0. The standard InChI is InChI=1S/C25H22F3IO4/c1-2-3-24(29)19-6-4-17(5-7-19)16-31-22-12-18(15-30)13-23(14-22)32-20-8-10-21(11-9-20)33-25(26,27)28/h4-15,24H,2-3,16H2,1H3. The first-order chi connectivity index (χ1) is 15.8. The van der Waals surface area contributed by atoms with Crippen LogP contribution >= 0.6 is 22.6 Å². The molecule has 1 unspecified atom stereocenters. The van der Waals surface area contributed by atoms with Crippen LogP contribution in [0.25, 0.3) is 0 Å². The van der Waals surface area contributed by atoms with Crippen LogP contribution in [0.4, 0.5) is 13.2 Å². The van der Waals surface area contributed by atoms with Crippen LogP contribution in [0.3, 0.4) is 0 Å². The van der Waals surface area contributed by atoms with Crippen LogP contribution in [0.1, 0.15) is 45.2 Å². The first-order valence-corrected chi connectivity index (χ1v) is 11.5. The highest BCUT2D eigenvalue weighted by Crippen LogP contribution is 2.31. The van der Waals surface area contributed by atoms with E-state index in [1.165, 1.54) is 23.8 Å². The lowest BCUT2D eigenvalue weighted by molar-refractivity contribution is -0.274. The van der Waals surface area contributed by atoms with Gasteiger partial charge in [-0.3, -0.25) is 4.79 Å². The largest absolute Gasteiger partial charge is 0.573 e. The predicted octanol–water partition coefficient (Wildman–Crippen LogP) is 8.05. The highest BCUT2D eigenvalue weighted by atomic mass is 127. The van der Waals surface area contributed by atoms with Gasteiger partial charge in [-0.25, -0.2) is 0 Å². The fourth-order valence-electron chi connectivity index (χ4n) is 3.06. The lowest BCUT2D eigenvalue weighted by atomic mass is 10.1. The Labute approximate surface area is 203 Å². The second-order valence-corrected chi connectivity index (χ2v) is 8.77. The molecule has 3 aromatic rings. The Kier molecular flexibility index (Phi) is 8.60. The molecule has 3 aromatic carbocycles. The van der Waals surface area contributed by atoms with E-state index >= 15 is 0 Å². The van der Waals surface area contributed by atoms with E-state index in [0.29, 0.717) is 33.9 Å². The number of aldehydes is 1. The zero-order valence-corrected chi connectivity index (χ0v) is 19.9. The second-order valence-electron chi connectivity index (χ2n) is 7.26. The molecule has 0 N–H and O–H groups in total. The van der Waals surface area contributed by atoms with E-state index in [0.717, 1.165) is 30.5 Å². The minimum Gasteiger partial charge on any atom is -0.489 e. The first-order valence-electron chi connectivity index (χ1n) is 10.3. The molecule has 0 aliphatic carbocycles. The van der Waals surface area contributed by atoms with Crippen molar-refractivity contribution in [2.24, 2.45) is 0 Å². The van der Waals surface area contributed by atoms with Crippen LogP contribution in [0.15, 0.2) is 66.7 Å². The van der Waals surface area contributed by atoms with Crippen LogP contribution < -0.4 is 14.2 Å². The molecule has 8 heteroatoms. The summed E-state index contributed by atoms with van der Waals surface area (Å²) in [5.74, 6) is 0.694. The van der Waals surface area contributed by atoms with Gasteiger partial charge in [-0.2, -0.15) is 0 Å². The molecule has 0 fully saturated rings. The second kappa shape index (κ2) is 11.4. The van der Waals surface area contributed by atoms with E-state index in [4.69, 9.17) is 9.47 Å². The highest BCUT2D eigenvalue weighted by molar-refractivity contribution is 14.1. The van der Waals surface area contributed by atoms with Crippen LogP contribution in [0, 0.1) is 0 Å². The third-order valence-corrected chi connectivity index (χ3v) is 5.96. The maximum atomic E-state index is 12.3. The Hall–Kier alpha value is -2.75. The third-order valence-electron chi connectivity index (χ3n) is 4.62. The van der Waals surface area contributed by atoms with Gasteiger partial charge in [0, 0.05) is 15.6 Å². The molecule has 0 aromatic heterocycles. The molecule has 0 spiro atoms. The van der Waals surface area contributed by atoms with Gasteiger partial charge >= 0.3 is 6.36 Å². The molecular formula is C25H22F3IO4. The molecule has 4 nitrogen and oxygen atoms in total. The van der Waals surface area contributed by atoms with E-state index < -0.39 is 6.36 Å². The average molecular weight is 570 g/mol. The van der Waals surface area contributed by atoms with Crippen molar-refractivity contribution in [3.8, 4) is 23.0 Å². The van der Waals surface area contributed by atoms with Crippen molar-refractivity contribution >= 4 is 28.9 Å². The number of alkyl halides is 4. The summed E-state index contributed by atoms with van der Waals surface area (Å²) < 4.78 is 52.7. The van der Waals surface area contributed by atoms with Gasteiger partial charge in [0.2, 0.25) is 0 Å². The molecular weight excluding hydrogens is 548 g/mol. The normalized spacial score (nSPS) is 12.2. The smallest absolute Gasteiger partial charge is 0.489 e. The van der Waals surface area contributed by atoms with Crippen molar-refractivity contribution in [2.75, 3.05) is 0 Å². The number of ether oxygens (including phenoxy) is 3. The summed E-state index contributed by atoms with van der Waals surface area (Å²) in [6.45, 7) is 2.47. The lowest BCUT2D eigenvalue weighted by Gasteiger charge is -2.13. The highest BCUT2D eigenvalue weighted by Gasteiger charge is 2.31. The molecule has 1 atom stereocenters. The number of carbonyl (C=O) groups is 1. The summed E-state index contributed by atoms with van der Waals surface area (Å²) in [4.78, 5) is 11.3. The number of rotatable bonds is 10. The molecule has 0 bridgehead atoms. The van der Waals surface area contributed by atoms with Gasteiger partial charge in [0.1, 0.15) is 35.9 Å². The van der Waals surface area contributed by atoms with Crippen LogP contribution in [0.2, 0.25) is 0 Å².